The molecule has 2 N–H and O–H groups in total. The third-order valence-corrected chi connectivity index (χ3v) is 4.52. The minimum atomic E-state index is -0.779. The Balaban J connectivity index is 1.91. The molecule has 1 amide bonds. The second-order valence-electron chi connectivity index (χ2n) is 6.22. The molecule has 0 bridgehead atoms. The van der Waals surface area contributed by atoms with Crippen molar-refractivity contribution in [2.45, 2.75) is 51.0 Å². The van der Waals surface area contributed by atoms with Gasteiger partial charge in [-0.3, -0.25) is 9.59 Å². The highest BCUT2D eigenvalue weighted by atomic mass is 16.4. The molecule has 1 heterocycles. The van der Waals surface area contributed by atoms with E-state index in [9.17, 15) is 14.7 Å². The maximum Gasteiger partial charge on any atom is 0.306 e. The first-order chi connectivity index (χ1) is 8.89. The summed E-state index contributed by atoms with van der Waals surface area (Å²) in [5.74, 6) is -1.20. The van der Waals surface area contributed by atoms with Gasteiger partial charge in [0.05, 0.1) is 11.5 Å². The smallest absolute Gasteiger partial charge is 0.306 e. The van der Waals surface area contributed by atoms with E-state index in [0.29, 0.717) is 38.8 Å². The zero-order chi connectivity index (χ0) is 14.0. The molecule has 2 rings (SSSR count). The van der Waals surface area contributed by atoms with E-state index in [4.69, 9.17) is 5.11 Å². The Morgan fingerprint density at radius 3 is 2.32 bits per heavy atom. The largest absolute Gasteiger partial charge is 0.481 e. The third kappa shape index (κ3) is 3.47. The van der Waals surface area contributed by atoms with Gasteiger partial charge >= 0.3 is 5.97 Å². The number of hydrogen-bond acceptors (Lipinski definition) is 3. The van der Waals surface area contributed by atoms with Gasteiger partial charge in [0.2, 0.25) is 5.91 Å². The number of amides is 1. The molecule has 1 aliphatic carbocycles. The fraction of sp³-hybridized carbons (Fsp3) is 0.857. The molecule has 1 saturated heterocycles. The molecule has 0 aromatic carbocycles. The van der Waals surface area contributed by atoms with Gasteiger partial charge in [-0.15, -0.1) is 0 Å². The maximum atomic E-state index is 12.4. The lowest BCUT2D eigenvalue weighted by Gasteiger charge is -2.38. The van der Waals surface area contributed by atoms with Crippen LogP contribution in [0, 0.1) is 11.8 Å². The molecule has 108 valence electrons. The van der Waals surface area contributed by atoms with Gasteiger partial charge < -0.3 is 15.1 Å². The Hall–Kier alpha value is -1.10. The van der Waals surface area contributed by atoms with Crippen molar-refractivity contribution < 1.29 is 19.8 Å². The zero-order valence-corrected chi connectivity index (χ0v) is 11.5. The van der Waals surface area contributed by atoms with Gasteiger partial charge in [0.25, 0.3) is 0 Å². The van der Waals surface area contributed by atoms with Gasteiger partial charge in [0, 0.05) is 19.0 Å². The van der Waals surface area contributed by atoms with Crippen molar-refractivity contribution in [2.24, 2.45) is 11.8 Å². The van der Waals surface area contributed by atoms with Gasteiger partial charge in [-0.25, -0.2) is 0 Å². The number of carbonyl (C=O) groups is 2. The van der Waals surface area contributed by atoms with E-state index in [1.165, 1.54) is 0 Å². The van der Waals surface area contributed by atoms with Crippen LogP contribution in [0.4, 0.5) is 0 Å². The summed E-state index contributed by atoms with van der Waals surface area (Å²) in [6.07, 6.45) is 3.99. The maximum absolute atomic E-state index is 12.4. The molecule has 2 aliphatic rings. The van der Waals surface area contributed by atoms with E-state index in [2.05, 4.69) is 0 Å². The molecule has 0 spiro atoms. The lowest BCUT2D eigenvalue weighted by molar-refractivity contribution is -0.146. The number of rotatable bonds is 2. The van der Waals surface area contributed by atoms with Crippen LogP contribution in [0.5, 0.6) is 0 Å². The third-order valence-electron chi connectivity index (χ3n) is 4.52. The Bertz CT molecular complexity index is 356. The van der Waals surface area contributed by atoms with Crippen LogP contribution < -0.4 is 0 Å². The number of nitrogens with zero attached hydrogens (tertiary/aromatic N) is 1. The van der Waals surface area contributed by atoms with Crippen molar-refractivity contribution in [2.75, 3.05) is 13.1 Å². The predicted molar refractivity (Wildman–Crippen MR) is 69.5 cm³/mol. The van der Waals surface area contributed by atoms with Crippen LogP contribution in [0.15, 0.2) is 0 Å². The second-order valence-corrected chi connectivity index (χ2v) is 6.22. The van der Waals surface area contributed by atoms with Crippen molar-refractivity contribution in [1.82, 2.24) is 4.90 Å². The lowest BCUT2D eigenvalue weighted by Crippen LogP contribution is -2.47. The number of piperidine rings is 1. The van der Waals surface area contributed by atoms with Gasteiger partial charge in [-0.1, -0.05) is 6.42 Å². The minimum absolute atomic E-state index is 0.0847. The molecule has 0 aromatic rings. The number of carbonyl (C=O) groups excluding carboxylic acids is 1. The van der Waals surface area contributed by atoms with Crippen LogP contribution in [-0.2, 0) is 9.59 Å². The summed E-state index contributed by atoms with van der Waals surface area (Å²) in [7, 11) is 0. The van der Waals surface area contributed by atoms with Gasteiger partial charge in [-0.05, 0) is 39.0 Å². The standard InChI is InChI=1S/C14H23NO4/c1-14(19)5-7-15(8-6-14)12(16)10-3-2-4-11(9-10)13(17)18/h10-11,19H,2-9H2,1H3,(H,17,18). The number of carboxylic acid groups (broad SMARTS) is 1. The van der Waals surface area contributed by atoms with Crippen LogP contribution >= 0.6 is 0 Å². The summed E-state index contributed by atoms with van der Waals surface area (Å²) in [6, 6.07) is 0. The molecule has 1 aliphatic heterocycles. The summed E-state index contributed by atoms with van der Waals surface area (Å²) in [4.78, 5) is 25.2. The Kier molecular flexibility index (Phi) is 4.13. The summed E-state index contributed by atoms with van der Waals surface area (Å²) >= 11 is 0. The van der Waals surface area contributed by atoms with Crippen molar-refractivity contribution in [3.05, 3.63) is 0 Å². The van der Waals surface area contributed by atoms with E-state index < -0.39 is 11.6 Å². The van der Waals surface area contributed by atoms with Crippen molar-refractivity contribution >= 4 is 11.9 Å². The van der Waals surface area contributed by atoms with E-state index in [-0.39, 0.29) is 17.7 Å². The summed E-state index contributed by atoms with van der Waals surface area (Å²) in [5.41, 5.74) is -0.660. The van der Waals surface area contributed by atoms with Crippen LogP contribution in [0.3, 0.4) is 0 Å². The highest BCUT2D eigenvalue weighted by molar-refractivity contribution is 5.80. The fourth-order valence-corrected chi connectivity index (χ4v) is 3.11. The fourth-order valence-electron chi connectivity index (χ4n) is 3.11. The molecule has 1 saturated carbocycles. The highest BCUT2D eigenvalue weighted by Gasteiger charge is 2.36. The topological polar surface area (TPSA) is 77.8 Å². The van der Waals surface area contributed by atoms with Crippen LogP contribution in [0.2, 0.25) is 0 Å². The first-order valence-corrected chi connectivity index (χ1v) is 7.13. The zero-order valence-electron chi connectivity index (χ0n) is 11.5. The molecule has 19 heavy (non-hydrogen) atoms. The van der Waals surface area contributed by atoms with E-state index >= 15 is 0 Å². The van der Waals surface area contributed by atoms with E-state index in [1.54, 1.807) is 11.8 Å². The number of hydrogen-bond donors (Lipinski definition) is 2. The number of likely N-dealkylation sites (tertiary alicyclic amines) is 1. The molecule has 0 aromatic heterocycles. The summed E-state index contributed by atoms with van der Waals surface area (Å²) < 4.78 is 0. The molecular formula is C14H23NO4. The molecular weight excluding hydrogens is 246 g/mol. The average molecular weight is 269 g/mol. The quantitative estimate of drug-likeness (QED) is 0.791. The molecule has 5 heteroatoms. The highest BCUT2D eigenvalue weighted by Crippen LogP contribution is 2.32. The van der Waals surface area contributed by atoms with Crippen molar-refractivity contribution in [3.63, 3.8) is 0 Å². The van der Waals surface area contributed by atoms with E-state index in [0.717, 1.165) is 12.8 Å². The predicted octanol–water partition coefficient (Wildman–Crippen LogP) is 1.25. The molecule has 2 atom stereocenters. The molecule has 2 fully saturated rings. The van der Waals surface area contributed by atoms with Crippen LogP contribution in [0.25, 0.3) is 0 Å². The molecule has 0 radical (unpaired) electrons. The SMILES string of the molecule is CC1(O)CCN(C(=O)C2CCCC(C(=O)O)C2)CC1. The molecule has 5 nitrogen and oxygen atoms in total. The molecule has 2 unspecified atom stereocenters. The normalized spacial score (nSPS) is 30.9. The van der Waals surface area contributed by atoms with Crippen LogP contribution in [0.1, 0.15) is 45.4 Å². The Labute approximate surface area is 113 Å². The Morgan fingerprint density at radius 2 is 1.74 bits per heavy atom. The number of carboxylic acids is 1. The first kappa shape index (κ1) is 14.3. The monoisotopic (exact) mass is 269 g/mol. The van der Waals surface area contributed by atoms with Gasteiger partial charge in [-0.2, -0.15) is 0 Å². The summed E-state index contributed by atoms with van der Waals surface area (Å²) in [6.45, 7) is 2.97. The van der Waals surface area contributed by atoms with Gasteiger partial charge in [0.1, 0.15) is 0 Å². The first-order valence-electron chi connectivity index (χ1n) is 7.13. The number of aliphatic hydroxyl groups is 1. The average Bonchev–Trinajstić information content (AvgIpc) is 2.38. The van der Waals surface area contributed by atoms with E-state index in [1.807, 2.05) is 0 Å². The van der Waals surface area contributed by atoms with Crippen molar-refractivity contribution in [1.29, 1.82) is 0 Å². The van der Waals surface area contributed by atoms with Gasteiger partial charge in [0.15, 0.2) is 0 Å². The Morgan fingerprint density at radius 1 is 1.16 bits per heavy atom. The van der Waals surface area contributed by atoms with Crippen LogP contribution in [-0.4, -0.2) is 45.7 Å². The minimum Gasteiger partial charge on any atom is -0.481 e. The van der Waals surface area contributed by atoms with Crippen molar-refractivity contribution in [3.8, 4) is 0 Å². The second kappa shape index (κ2) is 5.49. The lowest BCUT2D eigenvalue weighted by atomic mass is 9.80. The number of aliphatic carboxylic acids is 1. The summed E-state index contributed by atoms with van der Waals surface area (Å²) in [5, 5.41) is 18.9.